The van der Waals surface area contributed by atoms with Gasteiger partial charge in [-0.15, -0.1) is 0 Å². The van der Waals surface area contributed by atoms with Crippen LogP contribution in [0, 0.1) is 7.14 Å². The number of halogens is 2. The number of hydrogen-bond donors (Lipinski definition) is 2. The summed E-state index contributed by atoms with van der Waals surface area (Å²) >= 11 is 4.00. The fourth-order valence-corrected chi connectivity index (χ4v) is 2.27. The minimum absolute atomic E-state index is 0.0613. The number of hydrogen-bond acceptors (Lipinski definition) is 2. The number of carboxylic acids is 1. The number of carboxylic acid groups (broad SMARTS) is 1. The Bertz CT molecular complexity index is 349. The molecule has 0 saturated heterocycles. The molecule has 0 unspecified atom stereocenters. The highest BCUT2D eigenvalue weighted by atomic mass is 127. The van der Waals surface area contributed by atoms with Gasteiger partial charge in [-0.25, -0.2) is 4.79 Å². The van der Waals surface area contributed by atoms with E-state index in [2.05, 4.69) is 0 Å². The first-order valence-corrected chi connectivity index (χ1v) is 5.54. The molecule has 1 aromatic rings. The van der Waals surface area contributed by atoms with Crippen molar-refractivity contribution in [2.45, 2.75) is 6.61 Å². The third-order valence-electron chi connectivity index (χ3n) is 1.56. The van der Waals surface area contributed by atoms with Crippen LogP contribution in [-0.4, -0.2) is 16.2 Å². The molecule has 0 bridgehead atoms. The Morgan fingerprint density at radius 1 is 1.31 bits per heavy atom. The molecule has 0 aliphatic carbocycles. The van der Waals surface area contributed by atoms with Crippen LogP contribution in [0.15, 0.2) is 12.1 Å². The van der Waals surface area contributed by atoms with Gasteiger partial charge in [0.25, 0.3) is 0 Å². The van der Waals surface area contributed by atoms with Crippen LogP contribution in [-0.2, 0) is 6.61 Å². The Morgan fingerprint density at radius 2 is 1.92 bits per heavy atom. The Labute approximate surface area is 102 Å². The molecule has 0 amide bonds. The van der Waals surface area contributed by atoms with Gasteiger partial charge >= 0.3 is 5.97 Å². The van der Waals surface area contributed by atoms with E-state index in [1.54, 1.807) is 6.07 Å². The van der Waals surface area contributed by atoms with Gasteiger partial charge < -0.3 is 10.2 Å². The fraction of sp³-hybridized carbons (Fsp3) is 0.125. The molecule has 5 heteroatoms. The van der Waals surface area contributed by atoms with Crippen molar-refractivity contribution in [3.8, 4) is 0 Å². The van der Waals surface area contributed by atoms with Crippen LogP contribution >= 0.6 is 45.2 Å². The van der Waals surface area contributed by atoms with Gasteiger partial charge in [-0.1, -0.05) is 6.07 Å². The van der Waals surface area contributed by atoms with Crippen molar-refractivity contribution in [3.63, 3.8) is 0 Å². The summed E-state index contributed by atoms with van der Waals surface area (Å²) < 4.78 is 1.48. The summed E-state index contributed by atoms with van der Waals surface area (Å²) in [6.07, 6.45) is 0. The molecule has 3 nitrogen and oxygen atoms in total. The average molecular weight is 404 g/mol. The first-order valence-electron chi connectivity index (χ1n) is 3.39. The topological polar surface area (TPSA) is 57.5 Å². The minimum atomic E-state index is -0.938. The summed E-state index contributed by atoms with van der Waals surface area (Å²) in [5.41, 5.74) is 1.04. The fourth-order valence-electron chi connectivity index (χ4n) is 0.877. The van der Waals surface area contributed by atoms with Gasteiger partial charge in [-0.05, 0) is 56.8 Å². The molecule has 2 N–H and O–H groups in total. The van der Waals surface area contributed by atoms with Gasteiger partial charge in [0.15, 0.2) is 0 Å². The summed E-state index contributed by atoms with van der Waals surface area (Å²) in [7, 11) is 0. The quantitative estimate of drug-likeness (QED) is 0.743. The minimum Gasteiger partial charge on any atom is -0.478 e. The van der Waals surface area contributed by atoms with Crippen molar-refractivity contribution in [3.05, 3.63) is 30.4 Å². The number of aromatic carboxylic acids is 1. The molecule has 0 radical (unpaired) electrons. The zero-order valence-electron chi connectivity index (χ0n) is 6.42. The van der Waals surface area contributed by atoms with Crippen molar-refractivity contribution >= 4 is 51.2 Å². The third-order valence-corrected chi connectivity index (χ3v) is 4.95. The number of aliphatic hydroxyl groups is 1. The molecule has 0 fully saturated rings. The van der Waals surface area contributed by atoms with Gasteiger partial charge in [0, 0.05) is 7.14 Å². The van der Waals surface area contributed by atoms with E-state index < -0.39 is 5.97 Å². The SMILES string of the molecule is O=C(O)c1ccc(CO)c(I)c1I. The van der Waals surface area contributed by atoms with Crippen LogP contribution < -0.4 is 0 Å². The molecule has 1 rings (SSSR count). The molecule has 0 heterocycles. The molecular formula is C8H6I2O3. The normalized spacial score (nSPS) is 10.1. The summed E-state index contributed by atoms with van der Waals surface area (Å²) in [4.78, 5) is 10.7. The van der Waals surface area contributed by atoms with E-state index in [-0.39, 0.29) is 12.2 Å². The van der Waals surface area contributed by atoms with Crippen molar-refractivity contribution in [2.24, 2.45) is 0 Å². The largest absolute Gasteiger partial charge is 0.478 e. The van der Waals surface area contributed by atoms with Gasteiger partial charge in [0.1, 0.15) is 0 Å². The second-order valence-electron chi connectivity index (χ2n) is 2.36. The Balaban J connectivity index is 3.31. The molecule has 0 aliphatic heterocycles. The van der Waals surface area contributed by atoms with Crippen LogP contribution in [0.25, 0.3) is 0 Å². The van der Waals surface area contributed by atoms with Crippen LogP contribution in [0.4, 0.5) is 0 Å². The summed E-state index contributed by atoms with van der Waals surface area (Å²) in [6.45, 7) is -0.0613. The maximum atomic E-state index is 10.7. The third kappa shape index (κ3) is 2.32. The zero-order chi connectivity index (χ0) is 10.0. The van der Waals surface area contributed by atoms with Crippen molar-refractivity contribution in [1.82, 2.24) is 0 Å². The smallest absolute Gasteiger partial charge is 0.336 e. The van der Waals surface area contributed by atoms with Gasteiger partial charge in [0.05, 0.1) is 12.2 Å². The van der Waals surface area contributed by atoms with Gasteiger partial charge in [0.2, 0.25) is 0 Å². The Hall–Kier alpha value is 0.110. The predicted molar refractivity (Wildman–Crippen MR) is 64.8 cm³/mol. The highest BCUT2D eigenvalue weighted by Gasteiger charge is 2.12. The molecule has 13 heavy (non-hydrogen) atoms. The maximum Gasteiger partial charge on any atom is 0.336 e. The van der Waals surface area contributed by atoms with Crippen molar-refractivity contribution < 1.29 is 15.0 Å². The highest BCUT2D eigenvalue weighted by molar-refractivity contribution is 14.1. The lowest BCUT2D eigenvalue weighted by Gasteiger charge is -2.05. The average Bonchev–Trinajstić information content (AvgIpc) is 2.09. The molecular weight excluding hydrogens is 398 g/mol. The molecule has 0 spiro atoms. The Morgan fingerprint density at radius 3 is 2.38 bits per heavy atom. The van der Waals surface area contributed by atoms with E-state index >= 15 is 0 Å². The van der Waals surface area contributed by atoms with E-state index in [0.29, 0.717) is 3.57 Å². The van der Waals surface area contributed by atoms with Crippen LogP contribution in [0.5, 0.6) is 0 Å². The van der Waals surface area contributed by atoms with E-state index in [9.17, 15) is 4.79 Å². The van der Waals surface area contributed by atoms with E-state index in [1.807, 2.05) is 45.2 Å². The van der Waals surface area contributed by atoms with E-state index in [0.717, 1.165) is 9.13 Å². The Kier molecular flexibility index (Phi) is 3.92. The summed E-state index contributed by atoms with van der Waals surface area (Å²) in [5.74, 6) is -0.938. The molecule has 0 saturated carbocycles. The molecule has 0 aromatic heterocycles. The molecule has 1 aromatic carbocycles. The standard InChI is InChI=1S/C8H6I2O3/c9-6-4(3-11)1-2-5(7(6)10)8(12)13/h1-2,11H,3H2,(H,12,13). The zero-order valence-corrected chi connectivity index (χ0v) is 10.7. The second-order valence-corrected chi connectivity index (χ2v) is 4.52. The molecule has 0 aliphatic rings. The number of rotatable bonds is 2. The van der Waals surface area contributed by atoms with Crippen LogP contribution in [0.1, 0.15) is 15.9 Å². The molecule has 70 valence electrons. The van der Waals surface area contributed by atoms with E-state index in [1.165, 1.54) is 6.07 Å². The van der Waals surface area contributed by atoms with E-state index in [4.69, 9.17) is 10.2 Å². The van der Waals surface area contributed by atoms with Crippen LogP contribution in [0.3, 0.4) is 0 Å². The second kappa shape index (κ2) is 4.56. The first-order chi connectivity index (χ1) is 6.07. The van der Waals surface area contributed by atoms with Gasteiger partial charge in [-0.2, -0.15) is 0 Å². The lowest BCUT2D eigenvalue weighted by atomic mass is 10.1. The lowest BCUT2D eigenvalue weighted by molar-refractivity contribution is 0.0695. The predicted octanol–water partition coefficient (Wildman–Crippen LogP) is 2.09. The molecule has 0 atom stereocenters. The number of carbonyl (C=O) groups is 1. The summed E-state index contributed by atoms with van der Waals surface area (Å²) in [6, 6.07) is 3.14. The van der Waals surface area contributed by atoms with Gasteiger partial charge in [-0.3, -0.25) is 0 Å². The maximum absolute atomic E-state index is 10.7. The van der Waals surface area contributed by atoms with Crippen LogP contribution in [0.2, 0.25) is 0 Å². The van der Waals surface area contributed by atoms with Crippen molar-refractivity contribution in [2.75, 3.05) is 0 Å². The number of aliphatic hydroxyl groups excluding tert-OH is 1. The number of benzene rings is 1. The summed E-state index contributed by atoms with van der Waals surface area (Å²) in [5, 5.41) is 17.7. The lowest BCUT2D eigenvalue weighted by Crippen LogP contribution is -2.03. The first kappa shape index (κ1) is 11.2. The monoisotopic (exact) mass is 404 g/mol. The van der Waals surface area contributed by atoms with Crippen molar-refractivity contribution in [1.29, 1.82) is 0 Å². The highest BCUT2D eigenvalue weighted by Crippen LogP contribution is 2.23.